The van der Waals surface area contributed by atoms with E-state index in [4.69, 9.17) is 0 Å². The summed E-state index contributed by atoms with van der Waals surface area (Å²) in [6.07, 6.45) is 0. The van der Waals surface area contributed by atoms with Crippen molar-refractivity contribution >= 4 is 29.2 Å². The molecule has 1 heterocycles. The molecule has 2 aromatic rings. The highest BCUT2D eigenvalue weighted by Gasteiger charge is 2.41. The van der Waals surface area contributed by atoms with Crippen molar-refractivity contribution in [3.63, 3.8) is 0 Å². The molecule has 6 nitrogen and oxygen atoms in total. The molecule has 7 heteroatoms. The molecule has 0 saturated carbocycles. The summed E-state index contributed by atoms with van der Waals surface area (Å²) in [7, 11) is 0. The number of hydrogen-bond donors (Lipinski definition) is 2. The average Bonchev–Trinajstić information content (AvgIpc) is 2.80. The van der Waals surface area contributed by atoms with E-state index < -0.39 is 17.4 Å². The van der Waals surface area contributed by atoms with Crippen LogP contribution in [0.1, 0.15) is 41.5 Å². The van der Waals surface area contributed by atoms with E-state index in [1.807, 2.05) is 0 Å². The first-order valence-electron chi connectivity index (χ1n) is 8.03. The van der Waals surface area contributed by atoms with Crippen LogP contribution in [0.4, 0.5) is 20.6 Å². The number of fused-ring (bicyclic) bond motifs is 1. The molecule has 134 valence electrons. The van der Waals surface area contributed by atoms with Gasteiger partial charge in [0.25, 0.3) is 11.8 Å². The lowest BCUT2D eigenvalue weighted by molar-refractivity contribution is 0.0507. The Labute approximate surface area is 150 Å². The molecule has 26 heavy (non-hydrogen) atoms. The zero-order chi connectivity index (χ0) is 19.1. The number of urea groups is 1. The number of nitrogens with one attached hydrogen (secondary N) is 2. The molecule has 0 spiro atoms. The van der Waals surface area contributed by atoms with Crippen LogP contribution in [0, 0.1) is 5.82 Å². The minimum Gasteiger partial charge on any atom is -0.308 e. The molecule has 0 aliphatic carbocycles. The molecule has 0 saturated heterocycles. The quantitative estimate of drug-likeness (QED) is 0.803. The van der Waals surface area contributed by atoms with Gasteiger partial charge in [0, 0.05) is 16.9 Å². The van der Waals surface area contributed by atoms with Crippen molar-refractivity contribution in [1.29, 1.82) is 0 Å². The summed E-state index contributed by atoms with van der Waals surface area (Å²) in [6.45, 7) is 5.35. The number of halogens is 1. The first-order valence-corrected chi connectivity index (χ1v) is 8.03. The second-order valence-corrected chi connectivity index (χ2v) is 6.96. The fourth-order valence-electron chi connectivity index (χ4n) is 2.75. The molecular formula is C19H18FN3O3. The topological polar surface area (TPSA) is 78.5 Å². The molecular weight excluding hydrogens is 337 g/mol. The Kier molecular flexibility index (Phi) is 4.23. The molecule has 0 unspecified atom stereocenters. The van der Waals surface area contributed by atoms with Gasteiger partial charge in [0.15, 0.2) is 0 Å². The molecule has 0 atom stereocenters. The van der Waals surface area contributed by atoms with Crippen molar-refractivity contribution in [2.75, 3.05) is 10.6 Å². The Hall–Kier alpha value is -3.22. The van der Waals surface area contributed by atoms with Crippen molar-refractivity contribution in [3.05, 3.63) is 59.4 Å². The molecule has 3 rings (SSSR count). The molecule has 0 radical (unpaired) electrons. The van der Waals surface area contributed by atoms with E-state index in [0.717, 1.165) is 0 Å². The van der Waals surface area contributed by atoms with Crippen LogP contribution in [0.25, 0.3) is 0 Å². The second-order valence-electron chi connectivity index (χ2n) is 6.96. The van der Waals surface area contributed by atoms with E-state index in [2.05, 4.69) is 10.6 Å². The van der Waals surface area contributed by atoms with E-state index in [0.29, 0.717) is 16.9 Å². The van der Waals surface area contributed by atoms with Gasteiger partial charge in [0.05, 0.1) is 11.1 Å². The number of imide groups is 1. The van der Waals surface area contributed by atoms with Crippen molar-refractivity contribution in [3.8, 4) is 0 Å². The van der Waals surface area contributed by atoms with Crippen LogP contribution in [0.15, 0.2) is 42.5 Å². The van der Waals surface area contributed by atoms with Crippen LogP contribution in [-0.4, -0.2) is 28.3 Å². The van der Waals surface area contributed by atoms with Gasteiger partial charge in [0.1, 0.15) is 5.82 Å². The van der Waals surface area contributed by atoms with Gasteiger partial charge in [-0.1, -0.05) is 0 Å². The van der Waals surface area contributed by atoms with Crippen LogP contribution in [0.2, 0.25) is 0 Å². The van der Waals surface area contributed by atoms with Gasteiger partial charge in [-0.2, -0.15) is 0 Å². The molecule has 1 aliphatic rings. The summed E-state index contributed by atoms with van der Waals surface area (Å²) in [5.41, 5.74) is 0.732. The van der Waals surface area contributed by atoms with Gasteiger partial charge in [0.2, 0.25) is 0 Å². The lowest BCUT2D eigenvalue weighted by Crippen LogP contribution is -2.45. The van der Waals surface area contributed by atoms with E-state index in [-0.39, 0.29) is 17.4 Å². The largest absolute Gasteiger partial charge is 0.323 e. The third kappa shape index (κ3) is 3.28. The van der Waals surface area contributed by atoms with Crippen LogP contribution >= 0.6 is 0 Å². The fraction of sp³-hybridized carbons (Fsp3) is 0.211. The van der Waals surface area contributed by atoms with Gasteiger partial charge in [-0.15, -0.1) is 0 Å². The monoisotopic (exact) mass is 355 g/mol. The number of hydrogen-bond acceptors (Lipinski definition) is 3. The Morgan fingerprint density at radius 2 is 1.42 bits per heavy atom. The minimum absolute atomic E-state index is 0.254. The molecule has 4 amide bonds. The Bertz CT molecular complexity index is 901. The maximum atomic E-state index is 12.9. The minimum atomic E-state index is -0.638. The lowest BCUT2D eigenvalue weighted by Gasteiger charge is -2.29. The van der Waals surface area contributed by atoms with Gasteiger partial charge < -0.3 is 10.6 Å². The molecule has 2 aromatic carbocycles. The molecule has 0 fully saturated rings. The molecule has 0 bridgehead atoms. The number of rotatable bonds is 2. The highest BCUT2D eigenvalue weighted by Crippen LogP contribution is 2.30. The lowest BCUT2D eigenvalue weighted by atomic mass is 10.1. The van der Waals surface area contributed by atoms with Gasteiger partial charge in [-0.3, -0.25) is 14.5 Å². The number of nitrogens with zero attached hydrogens (tertiary/aromatic N) is 1. The zero-order valence-corrected chi connectivity index (χ0v) is 14.6. The van der Waals surface area contributed by atoms with E-state index in [1.165, 1.54) is 41.3 Å². The predicted octanol–water partition coefficient (Wildman–Crippen LogP) is 3.86. The zero-order valence-electron chi connectivity index (χ0n) is 14.6. The molecule has 2 N–H and O–H groups in total. The predicted molar refractivity (Wildman–Crippen MR) is 95.7 cm³/mol. The summed E-state index contributed by atoms with van der Waals surface area (Å²) in [5.74, 6) is -1.14. The first kappa shape index (κ1) is 17.6. The van der Waals surface area contributed by atoms with Crippen LogP contribution in [0.5, 0.6) is 0 Å². The SMILES string of the molecule is CC(C)(C)N1C(=O)c2ccc(NC(=O)Nc3ccc(F)cc3)cc2C1=O. The highest BCUT2D eigenvalue weighted by atomic mass is 19.1. The second kappa shape index (κ2) is 6.25. The normalized spacial score (nSPS) is 13.6. The smallest absolute Gasteiger partial charge is 0.308 e. The third-order valence-corrected chi connectivity index (χ3v) is 3.92. The maximum absolute atomic E-state index is 12.9. The van der Waals surface area contributed by atoms with Gasteiger partial charge >= 0.3 is 6.03 Å². The number of carbonyl (C=O) groups excluding carboxylic acids is 3. The Morgan fingerprint density at radius 3 is 2.04 bits per heavy atom. The third-order valence-electron chi connectivity index (χ3n) is 3.92. The molecule has 0 aromatic heterocycles. The van der Waals surface area contributed by atoms with E-state index in [1.54, 1.807) is 26.8 Å². The van der Waals surface area contributed by atoms with Crippen LogP contribution in [-0.2, 0) is 0 Å². The summed E-state index contributed by atoms with van der Waals surface area (Å²) in [4.78, 5) is 38.3. The van der Waals surface area contributed by atoms with Gasteiger partial charge in [-0.05, 0) is 63.2 Å². The van der Waals surface area contributed by atoms with Crippen molar-refractivity contribution in [2.45, 2.75) is 26.3 Å². The molecule has 1 aliphatic heterocycles. The maximum Gasteiger partial charge on any atom is 0.323 e. The fourth-order valence-corrected chi connectivity index (χ4v) is 2.75. The van der Waals surface area contributed by atoms with E-state index in [9.17, 15) is 18.8 Å². The van der Waals surface area contributed by atoms with E-state index >= 15 is 0 Å². The summed E-state index contributed by atoms with van der Waals surface area (Å²) in [6, 6.07) is 9.34. The standard InChI is InChI=1S/C19H18FN3O3/c1-19(2,3)23-16(24)14-9-8-13(10-15(14)17(23)25)22-18(26)21-12-6-4-11(20)5-7-12/h4-10H,1-3H3,(H2,21,22,26). The van der Waals surface area contributed by atoms with Crippen molar-refractivity contribution in [2.24, 2.45) is 0 Å². The van der Waals surface area contributed by atoms with Crippen molar-refractivity contribution < 1.29 is 18.8 Å². The first-order chi connectivity index (χ1) is 12.2. The number of carbonyl (C=O) groups is 3. The van der Waals surface area contributed by atoms with Crippen molar-refractivity contribution in [1.82, 2.24) is 4.90 Å². The summed E-state index contributed by atoms with van der Waals surface area (Å²) >= 11 is 0. The summed E-state index contributed by atoms with van der Waals surface area (Å²) in [5, 5.41) is 5.16. The number of amides is 4. The number of benzene rings is 2. The highest BCUT2D eigenvalue weighted by molar-refractivity contribution is 6.22. The number of anilines is 2. The summed E-state index contributed by atoms with van der Waals surface area (Å²) < 4.78 is 12.9. The Balaban J connectivity index is 1.77. The van der Waals surface area contributed by atoms with Crippen LogP contribution < -0.4 is 10.6 Å². The Morgan fingerprint density at radius 1 is 0.885 bits per heavy atom. The van der Waals surface area contributed by atoms with Gasteiger partial charge in [-0.25, -0.2) is 9.18 Å². The average molecular weight is 355 g/mol. The van der Waals surface area contributed by atoms with Crippen LogP contribution in [0.3, 0.4) is 0 Å².